The fourth-order valence-electron chi connectivity index (χ4n) is 3.45. The first-order chi connectivity index (χ1) is 13.2. The number of carbonyl (C=O) groups is 1. The molecule has 0 saturated heterocycles. The molecule has 1 saturated carbocycles. The second-order valence-corrected chi connectivity index (χ2v) is 7.52. The lowest BCUT2D eigenvalue weighted by Crippen LogP contribution is -2.32. The zero-order valence-electron chi connectivity index (χ0n) is 16.1. The summed E-state index contributed by atoms with van der Waals surface area (Å²) in [7, 11) is 0. The third-order valence-corrected chi connectivity index (χ3v) is 5.13. The topological polar surface area (TPSA) is 51.0 Å². The van der Waals surface area contributed by atoms with E-state index in [1.165, 1.54) is 12.8 Å². The second kappa shape index (κ2) is 7.51. The second-order valence-electron chi connectivity index (χ2n) is 7.52. The molecule has 0 N–H and O–H groups in total. The molecule has 1 amide bonds. The Morgan fingerprint density at radius 1 is 1.22 bits per heavy atom. The van der Waals surface area contributed by atoms with Gasteiger partial charge in [-0.05, 0) is 56.4 Å². The van der Waals surface area contributed by atoms with E-state index in [0.29, 0.717) is 13.1 Å². The third kappa shape index (κ3) is 3.87. The molecule has 0 unspecified atom stereocenters. The summed E-state index contributed by atoms with van der Waals surface area (Å²) in [6.45, 7) is 6.31. The number of fused-ring (bicyclic) bond motifs is 1. The number of pyridine rings is 1. The number of benzene rings is 1. The average molecular weight is 362 g/mol. The molecule has 2 aromatic heterocycles. The Balaban J connectivity index is 1.64. The van der Waals surface area contributed by atoms with Crippen molar-refractivity contribution in [3.05, 3.63) is 59.5 Å². The Kier molecular flexibility index (Phi) is 4.92. The van der Waals surface area contributed by atoms with Crippen molar-refractivity contribution in [3.8, 4) is 0 Å². The Hall–Kier alpha value is -2.69. The van der Waals surface area contributed by atoms with Gasteiger partial charge in [-0.15, -0.1) is 0 Å². The predicted molar refractivity (Wildman–Crippen MR) is 106 cm³/mol. The van der Waals surface area contributed by atoms with Gasteiger partial charge in [0.15, 0.2) is 5.65 Å². The molecule has 2 heterocycles. The van der Waals surface area contributed by atoms with Crippen molar-refractivity contribution in [2.24, 2.45) is 5.92 Å². The van der Waals surface area contributed by atoms with Gasteiger partial charge >= 0.3 is 0 Å². The van der Waals surface area contributed by atoms with Gasteiger partial charge in [0.25, 0.3) is 5.91 Å². The van der Waals surface area contributed by atoms with Crippen LogP contribution in [-0.4, -0.2) is 31.9 Å². The Bertz CT molecular complexity index is 941. The van der Waals surface area contributed by atoms with Crippen LogP contribution >= 0.6 is 0 Å². The zero-order chi connectivity index (χ0) is 18.8. The Labute approximate surface area is 160 Å². The molecule has 1 fully saturated rings. The normalized spacial score (nSPS) is 13.9. The molecular formula is C22H26N4O. The highest BCUT2D eigenvalue weighted by Gasteiger charge is 2.26. The van der Waals surface area contributed by atoms with Crippen LogP contribution in [0.15, 0.2) is 42.6 Å². The number of amides is 1. The lowest BCUT2D eigenvalue weighted by atomic mass is 10.1. The average Bonchev–Trinajstić information content (AvgIpc) is 3.43. The Morgan fingerprint density at radius 3 is 2.70 bits per heavy atom. The quantitative estimate of drug-likeness (QED) is 0.633. The number of rotatable bonds is 7. The summed E-state index contributed by atoms with van der Waals surface area (Å²) in [6.07, 6.45) is 5.27. The molecule has 0 radical (unpaired) electrons. The fourth-order valence-corrected chi connectivity index (χ4v) is 3.45. The zero-order valence-corrected chi connectivity index (χ0v) is 16.1. The molecule has 140 valence electrons. The van der Waals surface area contributed by atoms with E-state index in [-0.39, 0.29) is 5.91 Å². The van der Waals surface area contributed by atoms with Crippen LogP contribution < -0.4 is 0 Å². The predicted octanol–water partition coefficient (Wildman–Crippen LogP) is 4.20. The number of aryl methyl sites for hydroxylation is 1. The van der Waals surface area contributed by atoms with E-state index < -0.39 is 0 Å². The van der Waals surface area contributed by atoms with E-state index in [9.17, 15) is 4.79 Å². The highest BCUT2D eigenvalue weighted by atomic mass is 16.2. The van der Waals surface area contributed by atoms with Crippen LogP contribution in [0.25, 0.3) is 11.2 Å². The fraction of sp³-hybridized carbons (Fsp3) is 0.409. The largest absolute Gasteiger partial charge is 0.331 e. The van der Waals surface area contributed by atoms with Crippen molar-refractivity contribution in [2.45, 2.75) is 46.2 Å². The van der Waals surface area contributed by atoms with E-state index in [2.05, 4.69) is 16.5 Å². The highest BCUT2D eigenvalue weighted by Crippen LogP contribution is 2.32. The van der Waals surface area contributed by atoms with Gasteiger partial charge in [0.1, 0.15) is 11.3 Å². The first-order valence-electron chi connectivity index (χ1n) is 9.81. The van der Waals surface area contributed by atoms with Crippen LogP contribution in [-0.2, 0) is 13.1 Å². The monoisotopic (exact) mass is 362 g/mol. The van der Waals surface area contributed by atoms with Crippen LogP contribution in [0.5, 0.6) is 0 Å². The van der Waals surface area contributed by atoms with Crippen LogP contribution in [0.3, 0.4) is 0 Å². The molecule has 1 aromatic carbocycles. The van der Waals surface area contributed by atoms with Crippen molar-refractivity contribution in [3.63, 3.8) is 0 Å². The summed E-state index contributed by atoms with van der Waals surface area (Å²) in [5, 5.41) is 0. The summed E-state index contributed by atoms with van der Waals surface area (Å²) >= 11 is 0. The minimum atomic E-state index is 0.0647. The lowest BCUT2D eigenvalue weighted by Gasteiger charge is -2.22. The molecule has 0 atom stereocenters. The van der Waals surface area contributed by atoms with Gasteiger partial charge in [-0.2, -0.15) is 0 Å². The summed E-state index contributed by atoms with van der Waals surface area (Å²) in [6, 6.07) is 11.7. The molecule has 3 aromatic rings. The van der Waals surface area contributed by atoms with E-state index in [1.54, 1.807) is 0 Å². The van der Waals surface area contributed by atoms with Crippen LogP contribution in [0, 0.1) is 12.8 Å². The maximum atomic E-state index is 13.1. The summed E-state index contributed by atoms with van der Waals surface area (Å²) in [5.41, 5.74) is 3.73. The Morgan fingerprint density at radius 2 is 2.00 bits per heavy atom. The SMILES string of the molecule is CCCN(Cc1nc2cccnc2n1CC1CC1)C(=O)c1ccc(C)cc1. The van der Waals surface area contributed by atoms with E-state index in [4.69, 9.17) is 4.98 Å². The first kappa shape index (κ1) is 17.7. The molecule has 5 nitrogen and oxygen atoms in total. The molecule has 1 aliphatic carbocycles. The van der Waals surface area contributed by atoms with E-state index in [0.717, 1.165) is 47.0 Å². The number of nitrogens with zero attached hydrogens (tertiary/aromatic N) is 4. The highest BCUT2D eigenvalue weighted by molar-refractivity contribution is 5.94. The number of carbonyl (C=O) groups excluding carboxylic acids is 1. The third-order valence-electron chi connectivity index (χ3n) is 5.13. The van der Waals surface area contributed by atoms with Crippen LogP contribution in [0.4, 0.5) is 0 Å². The van der Waals surface area contributed by atoms with Crippen molar-refractivity contribution in [1.82, 2.24) is 19.4 Å². The van der Waals surface area contributed by atoms with Gasteiger partial charge in [-0.3, -0.25) is 4.79 Å². The molecule has 0 aliphatic heterocycles. The molecule has 4 rings (SSSR count). The minimum Gasteiger partial charge on any atom is -0.331 e. The van der Waals surface area contributed by atoms with Gasteiger partial charge in [0, 0.05) is 24.8 Å². The molecule has 0 spiro atoms. The smallest absolute Gasteiger partial charge is 0.254 e. The van der Waals surface area contributed by atoms with Gasteiger partial charge in [0.2, 0.25) is 0 Å². The van der Waals surface area contributed by atoms with Gasteiger partial charge < -0.3 is 9.47 Å². The van der Waals surface area contributed by atoms with Gasteiger partial charge in [-0.25, -0.2) is 9.97 Å². The molecule has 5 heteroatoms. The number of hydrogen-bond acceptors (Lipinski definition) is 3. The summed E-state index contributed by atoms with van der Waals surface area (Å²) in [4.78, 5) is 24.4. The standard InChI is InChI=1S/C22H26N4O/c1-3-13-25(22(27)18-10-6-16(2)7-11-18)15-20-24-19-5-4-12-23-21(19)26(20)14-17-8-9-17/h4-7,10-12,17H,3,8-9,13-15H2,1-2H3. The molecular weight excluding hydrogens is 336 g/mol. The van der Waals surface area contributed by atoms with Crippen LogP contribution in [0.1, 0.15) is 47.9 Å². The molecule has 27 heavy (non-hydrogen) atoms. The lowest BCUT2D eigenvalue weighted by molar-refractivity contribution is 0.0737. The van der Waals surface area contributed by atoms with Crippen molar-refractivity contribution in [2.75, 3.05) is 6.54 Å². The number of hydrogen-bond donors (Lipinski definition) is 0. The summed E-state index contributed by atoms with van der Waals surface area (Å²) < 4.78 is 2.22. The van der Waals surface area contributed by atoms with Gasteiger partial charge in [0.05, 0.1) is 6.54 Å². The maximum absolute atomic E-state index is 13.1. The van der Waals surface area contributed by atoms with Crippen molar-refractivity contribution < 1.29 is 4.79 Å². The van der Waals surface area contributed by atoms with Crippen molar-refractivity contribution >= 4 is 17.1 Å². The molecule has 1 aliphatic rings. The van der Waals surface area contributed by atoms with Gasteiger partial charge in [-0.1, -0.05) is 24.6 Å². The van der Waals surface area contributed by atoms with E-state index >= 15 is 0 Å². The number of aromatic nitrogens is 3. The maximum Gasteiger partial charge on any atom is 0.254 e. The van der Waals surface area contributed by atoms with Crippen LogP contribution in [0.2, 0.25) is 0 Å². The molecule has 0 bridgehead atoms. The minimum absolute atomic E-state index is 0.0647. The number of imidazole rings is 1. The van der Waals surface area contributed by atoms with Crippen molar-refractivity contribution in [1.29, 1.82) is 0 Å². The summed E-state index contributed by atoms with van der Waals surface area (Å²) in [5.74, 6) is 1.72. The van der Waals surface area contributed by atoms with E-state index in [1.807, 2.05) is 54.4 Å². The first-order valence-corrected chi connectivity index (χ1v) is 9.81.